The van der Waals surface area contributed by atoms with Crippen LogP contribution in [0.2, 0.25) is 0 Å². The zero-order valence-corrected chi connectivity index (χ0v) is 10.8. The third-order valence-electron chi connectivity index (χ3n) is 3.17. The molecule has 0 aliphatic heterocycles. The van der Waals surface area contributed by atoms with E-state index < -0.39 is 0 Å². The molecule has 0 aromatic rings. The zero-order valence-electron chi connectivity index (χ0n) is 10.8. The molecular formula is C14H30O. The Labute approximate surface area is 96.3 Å². The van der Waals surface area contributed by atoms with Crippen molar-refractivity contribution in [2.24, 2.45) is 5.92 Å². The van der Waals surface area contributed by atoms with Crippen LogP contribution in [-0.2, 0) is 0 Å². The Morgan fingerprint density at radius 2 is 1.33 bits per heavy atom. The molecule has 0 saturated heterocycles. The number of unbranched alkanes of at least 4 members (excludes halogenated alkanes) is 7. The number of rotatable bonds is 11. The molecule has 0 saturated carbocycles. The van der Waals surface area contributed by atoms with Crippen LogP contribution in [0.5, 0.6) is 0 Å². The van der Waals surface area contributed by atoms with Crippen LogP contribution in [0.25, 0.3) is 0 Å². The topological polar surface area (TPSA) is 20.2 Å². The van der Waals surface area contributed by atoms with Gasteiger partial charge in [-0.05, 0) is 12.3 Å². The molecule has 0 spiro atoms. The monoisotopic (exact) mass is 214 g/mol. The lowest BCUT2D eigenvalue weighted by molar-refractivity contribution is 0.256. The fourth-order valence-electron chi connectivity index (χ4n) is 1.99. The highest BCUT2D eigenvalue weighted by Crippen LogP contribution is 2.14. The Morgan fingerprint density at radius 3 is 1.87 bits per heavy atom. The third kappa shape index (κ3) is 11.9. The third-order valence-corrected chi connectivity index (χ3v) is 3.17. The van der Waals surface area contributed by atoms with Gasteiger partial charge < -0.3 is 5.11 Å². The number of hydrogen-bond acceptors (Lipinski definition) is 1. The van der Waals surface area contributed by atoms with Crippen molar-refractivity contribution >= 4 is 0 Å². The van der Waals surface area contributed by atoms with Crippen molar-refractivity contribution in [1.29, 1.82) is 0 Å². The molecule has 0 amide bonds. The summed E-state index contributed by atoms with van der Waals surface area (Å²) in [6, 6.07) is 0. The summed E-state index contributed by atoms with van der Waals surface area (Å²) in [5, 5.41) is 8.76. The molecule has 15 heavy (non-hydrogen) atoms. The van der Waals surface area contributed by atoms with Gasteiger partial charge in [0.05, 0.1) is 0 Å². The van der Waals surface area contributed by atoms with Gasteiger partial charge in [-0.1, -0.05) is 71.6 Å². The Kier molecular flexibility index (Phi) is 12.0. The molecule has 0 heterocycles. The van der Waals surface area contributed by atoms with E-state index in [-0.39, 0.29) is 0 Å². The van der Waals surface area contributed by atoms with Crippen molar-refractivity contribution in [2.75, 3.05) is 6.61 Å². The summed E-state index contributed by atoms with van der Waals surface area (Å²) >= 11 is 0. The molecule has 0 aromatic heterocycles. The zero-order chi connectivity index (χ0) is 11.4. The highest BCUT2D eigenvalue weighted by Gasteiger charge is 2.00. The van der Waals surface area contributed by atoms with Crippen LogP contribution in [0.3, 0.4) is 0 Å². The van der Waals surface area contributed by atoms with Gasteiger partial charge in [-0.25, -0.2) is 0 Å². The predicted molar refractivity (Wildman–Crippen MR) is 68.1 cm³/mol. The second-order valence-electron chi connectivity index (χ2n) is 4.88. The van der Waals surface area contributed by atoms with Gasteiger partial charge in [-0.15, -0.1) is 0 Å². The van der Waals surface area contributed by atoms with Crippen LogP contribution < -0.4 is 0 Å². The van der Waals surface area contributed by atoms with Crippen molar-refractivity contribution in [1.82, 2.24) is 0 Å². The molecule has 0 aliphatic rings. The van der Waals surface area contributed by atoms with Crippen LogP contribution in [0, 0.1) is 5.92 Å². The van der Waals surface area contributed by atoms with Gasteiger partial charge in [-0.2, -0.15) is 0 Å². The molecule has 92 valence electrons. The average Bonchev–Trinajstić information content (AvgIpc) is 2.22. The number of hydrogen-bond donors (Lipinski definition) is 1. The van der Waals surface area contributed by atoms with Crippen molar-refractivity contribution < 1.29 is 5.11 Å². The summed E-state index contributed by atoms with van der Waals surface area (Å²) in [5.41, 5.74) is 0. The Bertz CT molecular complexity index is 112. The van der Waals surface area contributed by atoms with Crippen LogP contribution in [0.1, 0.15) is 78.1 Å². The van der Waals surface area contributed by atoms with Crippen molar-refractivity contribution in [3.8, 4) is 0 Å². The first kappa shape index (κ1) is 15.0. The van der Waals surface area contributed by atoms with E-state index in [0.29, 0.717) is 6.61 Å². The van der Waals surface area contributed by atoms with Crippen LogP contribution in [0.15, 0.2) is 0 Å². The number of aliphatic hydroxyl groups excluding tert-OH is 1. The fourth-order valence-corrected chi connectivity index (χ4v) is 1.99. The molecule has 1 N–H and O–H groups in total. The molecule has 0 aromatic carbocycles. The molecule has 0 unspecified atom stereocenters. The van der Waals surface area contributed by atoms with Crippen molar-refractivity contribution in [3.63, 3.8) is 0 Å². The first-order valence-corrected chi connectivity index (χ1v) is 6.92. The van der Waals surface area contributed by atoms with Gasteiger partial charge in [0, 0.05) is 6.61 Å². The lowest BCUT2D eigenvalue weighted by Gasteiger charge is -2.08. The highest BCUT2D eigenvalue weighted by atomic mass is 16.3. The van der Waals surface area contributed by atoms with Gasteiger partial charge >= 0.3 is 0 Å². The lowest BCUT2D eigenvalue weighted by Crippen LogP contribution is -1.97. The van der Waals surface area contributed by atoms with E-state index in [0.717, 1.165) is 12.3 Å². The Balaban J connectivity index is 2.98. The smallest absolute Gasteiger partial charge is 0.0433 e. The summed E-state index contributed by atoms with van der Waals surface area (Å²) in [5.74, 6) is 0.718. The number of aliphatic hydroxyl groups is 1. The van der Waals surface area contributed by atoms with E-state index in [2.05, 4.69) is 13.8 Å². The van der Waals surface area contributed by atoms with E-state index in [4.69, 9.17) is 5.11 Å². The van der Waals surface area contributed by atoms with Crippen LogP contribution in [-0.4, -0.2) is 11.7 Å². The maximum Gasteiger partial charge on any atom is 0.0433 e. The molecule has 0 rings (SSSR count). The van der Waals surface area contributed by atoms with Gasteiger partial charge in [-0.3, -0.25) is 0 Å². The maximum absolute atomic E-state index is 8.76. The molecule has 0 aliphatic carbocycles. The van der Waals surface area contributed by atoms with E-state index in [1.165, 1.54) is 57.8 Å². The molecule has 1 nitrogen and oxygen atoms in total. The summed E-state index contributed by atoms with van der Waals surface area (Å²) in [6.45, 7) is 4.87. The largest absolute Gasteiger partial charge is 0.396 e. The molecule has 0 radical (unpaired) electrons. The van der Waals surface area contributed by atoms with Crippen molar-refractivity contribution in [2.45, 2.75) is 78.1 Å². The minimum atomic E-state index is 0.359. The Hall–Kier alpha value is -0.0400. The molecule has 0 bridgehead atoms. The van der Waals surface area contributed by atoms with Gasteiger partial charge in [0.1, 0.15) is 0 Å². The first-order chi connectivity index (χ1) is 7.31. The van der Waals surface area contributed by atoms with E-state index in [9.17, 15) is 0 Å². The molecule has 1 atom stereocenters. The predicted octanol–water partition coefficient (Wildman–Crippen LogP) is 4.54. The van der Waals surface area contributed by atoms with Crippen LogP contribution in [0.4, 0.5) is 0 Å². The molecular weight excluding hydrogens is 184 g/mol. The fraction of sp³-hybridized carbons (Fsp3) is 1.00. The maximum atomic E-state index is 8.76. The summed E-state index contributed by atoms with van der Waals surface area (Å²) < 4.78 is 0. The second-order valence-corrected chi connectivity index (χ2v) is 4.88. The molecule has 0 fully saturated rings. The average molecular weight is 214 g/mol. The standard InChI is InChI=1S/C14H30O/c1-3-4-5-6-7-8-9-10-11-14(2)12-13-15/h14-15H,3-13H2,1-2H3/t14-/m1/s1. The minimum Gasteiger partial charge on any atom is -0.396 e. The van der Waals surface area contributed by atoms with E-state index in [1.54, 1.807) is 0 Å². The Morgan fingerprint density at radius 1 is 0.800 bits per heavy atom. The van der Waals surface area contributed by atoms with Gasteiger partial charge in [0.15, 0.2) is 0 Å². The highest BCUT2D eigenvalue weighted by molar-refractivity contribution is 4.53. The van der Waals surface area contributed by atoms with Gasteiger partial charge in [0.25, 0.3) is 0 Å². The van der Waals surface area contributed by atoms with E-state index in [1.807, 2.05) is 0 Å². The summed E-state index contributed by atoms with van der Waals surface area (Å²) in [4.78, 5) is 0. The summed E-state index contributed by atoms with van der Waals surface area (Å²) in [6.07, 6.45) is 13.5. The van der Waals surface area contributed by atoms with Crippen LogP contribution >= 0.6 is 0 Å². The minimum absolute atomic E-state index is 0.359. The van der Waals surface area contributed by atoms with Gasteiger partial charge in [0.2, 0.25) is 0 Å². The lowest BCUT2D eigenvalue weighted by atomic mass is 9.99. The molecule has 1 heteroatoms. The second kappa shape index (κ2) is 12.0. The van der Waals surface area contributed by atoms with Crippen molar-refractivity contribution in [3.05, 3.63) is 0 Å². The quantitative estimate of drug-likeness (QED) is 0.501. The van der Waals surface area contributed by atoms with E-state index >= 15 is 0 Å². The first-order valence-electron chi connectivity index (χ1n) is 6.92. The SMILES string of the molecule is CCCCCCCCCC[C@@H](C)CCO. The summed E-state index contributed by atoms with van der Waals surface area (Å²) in [7, 11) is 0. The normalized spacial score (nSPS) is 13.0.